The van der Waals surface area contributed by atoms with E-state index in [1.165, 1.54) is 0 Å². The van der Waals surface area contributed by atoms with Gasteiger partial charge in [0.1, 0.15) is 6.33 Å². The summed E-state index contributed by atoms with van der Waals surface area (Å²) in [5.74, 6) is 1.39. The molecule has 0 bridgehead atoms. The molecule has 0 radical (unpaired) electrons. The second-order valence-corrected chi connectivity index (χ2v) is 8.23. The lowest BCUT2D eigenvalue weighted by atomic mass is 9.78. The van der Waals surface area contributed by atoms with Crippen molar-refractivity contribution in [2.24, 2.45) is 5.92 Å². The van der Waals surface area contributed by atoms with Crippen molar-refractivity contribution in [3.05, 3.63) is 30.6 Å². The van der Waals surface area contributed by atoms with E-state index in [0.717, 1.165) is 29.8 Å². The number of hydrogen-bond donors (Lipinski definition) is 0. The van der Waals surface area contributed by atoms with E-state index in [1.54, 1.807) is 6.33 Å². The van der Waals surface area contributed by atoms with Gasteiger partial charge in [-0.05, 0) is 45.5 Å². The van der Waals surface area contributed by atoms with Gasteiger partial charge in [-0.3, -0.25) is 4.68 Å². The third-order valence-corrected chi connectivity index (χ3v) is 5.14. The van der Waals surface area contributed by atoms with Crippen LogP contribution < -0.4 is 5.46 Å². The zero-order chi connectivity index (χ0) is 18.2. The molecule has 0 atom stereocenters. The summed E-state index contributed by atoms with van der Waals surface area (Å²) < 4.78 is 14.2. The Morgan fingerprint density at radius 1 is 1.12 bits per heavy atom. The van der Waals surface area contributed by atoms with E-state index in [1.807, 2.05) is 22.9 Å². The van der Waals surface area contributed by atoms with Crippen molar-refractivity contribution in [3.63, 3.8) is 0 Å². The van der Waals surface area contributed by atoms with Crippen LogP contribution in [0.15, 0.2) is 30.6 Å². The normalized spacial score (nSPS) is 18.9. The first-order valence-corrected chi connectivity index (χ1v) is 9.03. The van der Waals surface area contributed by atoms with Gasteiger partial charge in [0, 0.05) is 12.1 Å². The van der Waals surface area contributed by atoms with Crippen LogP contribution in [0.3, 0.4) is 0 Å². The monoisotopic (exact) mass is 341 g/mol. The highest BCUT2D eigenvalue weighted by molar-refractivity contribution is 6.62. The maximum atomic E-state index is 6.14. The first-order chi connectivity index (χ1) is 11.7. The Morgan fingerprint density at radius 2 is 1.80 bits per heavy atom. The molecule has 0 spiro atoms. The highest BCUT2D eigenvalue weighted by Crippen LogP contribution is 2.36. The predicted molar refractivity (Wildman–Crippen MR) is 101 cm³/mol. The lowest BCUT2D eigenvalue weighted by Crippen LogP contribution is -2.41. The van der Waals surface area contributed by atoms with Crippen LogP contribution in [0.1, 0.15) is 48.0 Å². The van der Waals surface area contributed by atoms with Crippen molar-refractivity contribution in [3.8, 4) is 11.4 Å². The number of hydrogen-bond acceptors (Lipinski definition) is 4. The second kappa shape index (κ2) is 6.58. The first-order valence-electron chi connectivity index (χ1n) is 9.03. The van der Waals surface area contributed by atoms with Crippen LogP contribution in [-0.2, 0) is 15.9 Å². The minimum atomic E-state index is -0.368. The van der Waals surface area contributed by atoms with Crippen LogP contribution in [0, 0.1) is 5.92 Å². The van der Waals surface area contributed by atoms with Gasteiger partial charge in [0.25, 0.3) is 0 Å². The Labute approximate surface area is 150 Å². The number of aryl methyl sites for hydroxylation is 1. The van der Waals surface area contributed by atoms with Crippen LogP contribution >= 0.6 is 0 Å². The van der Waals surface area contributed by atoms with Crippen molar-refractivity contribution in [2.45, 2.75) is 65.7 Å². The van der Waals surface area contributed by atoms with Gasteiger partial charge in [0.2, 0.25) is 0 Å². The summed E-state index contributed by atoms with van der Waals surface area (Å²) in [6.45, 7) is 13.6. The molecule has 25 heavy (non-hydrogen) atoms. The Balaban J connectivity index is 1.79. The third kappa shape index (κ3) is 3.80. The highest BCUT2D eigenvalue weighted by Gasteiger charge is 2.51. The Morgan fingerprint density at radius 3 is 2.44 bits per heavy atom. The van der Waals surface area contributed by atoms with E-state index in [0.29, 0.717) is 5.92 Å². The van der Waals surface area contributed by atoms with E-state index < -0.39 is 0 Å². The molecule has 0 aliphatic carbocycles. The number of rotatable bonds is 5. The average Bonchev–Trinajstić information content (AvgIpc) is 3.08. The van der Waals surface area contributed by atoms with E-state index in [9.17, 15) is 0 Å². The maximum absolute atomic E-state index is 6.14. The lowest BCUT2D eigenvalue weighted by Gasteiger charge is -2.32. The number of nitrogens with zero attached hydrogens (tertiary/aromatic N) is 3. The zero-order valence-electron chi connectivity index (χ0n) is 16.1. The quantitative estimate of drug-likeness (QED) is 0.783. The van der Waals surface area contributed by atoms with Gasteiger partial charge in [-0.25, -0.2) is 4.98 Å². The molecular formula is C19H28BN3O2. The summed E-state index contributed by atoms with van der Waals surface area (Å²) in [4.78, 5) is 4.46. The molecule has 1 aliphatic heterocycles. The van der Waals surface area contributed by atoms with Crippen molar-refractivity contribution in [2.75, 3.05) is 0 Å². The fraction of sp³-hybridized carbons (Fsp3) is 0.579. The third-order valence-electron chi connectivity index (χ3n) is 5.14. The van der Waals surface area contributed by atoms with Crippen molar-refractivity contribution >= 4 is 12.6 Å². The molecule has 1 fully saturated rings. The second-order valence-electron chi connectivity index (χ2n) is 8.23. The summed E-state index contributed by atoms with van der Waals surface area (Å²) in [6.07, 6.45) is 2.90. The minimum absolute atomic E-state index is 0.343. The highest BCUT2D eigenvalue weighted by atomic mass is 16.7. The van der Waals surface area contributed by atoms with E-state index in [2.05, 4.69) is 57.7 Å². The summed E-state index contributed by atoms with van der Waals surface area (Å²) >= 11 is 0. The molecule has 2 aromatic rings. The van der Waals surface area contributed by atoms with Gasteiger partial charge in [-0.1, -0.05) is 38.1 Å². The largest absolute Gasteiger partial charge is 0.494 e. The SMILES string of the molecule is CC(C)CCn1cnc(-c2cccc(B3OC(C)(C)C(C)(C)O3)c2)n1. The van der Waals surface area contributed by atoms with Gasteiger partial charge in [-0.2, -0.15) is 5.10 Å². The predicted octanol–water partition coefficient (Wildman–Crippen LogP) is 3.29. The van der Waals surface area contributed by atoms with E-state index in [4.69, 9.17) is 9.31 Å². The molecule has 0 unspecified atom stereocenters. The van der Waals surface area contributed by atoms with Gasteiger partial charge in [0.15, 0.2) is 5.82 Å². The number of aromatic nitrogens is 3. The lowest BCUT2D eigenvalue weighted by molar-refractivity contribution is 0.00578. The molecule has 0 saturated carbocycles. The van der Waals surface area contributed by atoms with Gasteiger partial charge in [-0.15, -0.1) is 0 Å². The summed E-state index contributed by atoms with van der Waals surface area (Å²) in [6, 6.07) is 8.12. The van der Waals surface area contributed by atoms with Gasteiger partial charge in [0.05, 0.1) is 11.2 Å². The van der Waals surface area contributed by atoms with E-state index in [-0.39, 0.29) is 18.3 Å². The number of benzene rings is 1. The van der Waals surface area contributed by atoms with Crippen LogP contribution in [-0.4, -0.2) is 33.1 Å². The average molecular weight is 341 g/mol. The molecule has 5 nitrogen and oxygen atoms in total. The summed E-state index contributed by atoms with van der Waals surface area (Å²) in [5, 5.41) is 4.60. The Kier molecular flexibility index (Phi) is 4.77. The molecule has 6 heteroatoms. The van der Waals surface area contributed by atoms with Crippen LogP contribution in [0.25, 0.3) is 11.4 Å². The first kappa shape index (κ1) is 18.1. The van der Waals surface area contributed by atoms with Crippen molar-refractivity contribution < 1.29 is 9.31 Å². The summed E-state index contributed by atoms with van der Waals surface area (Å²) in [5.41, 5.74) is 1.29. The van der Waals surface area contributed by atoms with Gasteiger partial charge < -0.3 is 9.31 Å². The van der Waals surface area contributed by atoms with Crippen molar-refractivity contribution in [1.29, 1.82) is 0 Å². The standard InChI is InChI=1S/C19H28BN3O2/c1-14(2)10-11-23-13-21-17(22-23)15-8-7-9-16(12-15)20-24-18(3,4)19(5,6)25-20/h7-9,12-14H,10-11H2,1-6H3. The van der Waals surface area contributed by atoms with E-state index >= 15 is 0 Å². The minimum Gasteiger partial charge on any atom is -0.399 e. The van der Waals surface area contributed by atoms with Gasteiger partial charge >= 0.3 is 7.12 Å². The summed E-state index contributed by atoms with van der Waals surface area (Å²) in [7, 11) is -0.368. The molecule has 1 aromatic carbocycles. The molecule has 1 aliphatic rings. The molecule has 1 saturated heterocycles. The maximum Gasteiger partial charge on any atom is 0.494 e. The fourth-order valence-electron chi connectivity index (χ4n) is 2.73. The van der Waals surface area contributed by atoms with Crippen LogP contribution in [0.2, 0.25) is 0 Å². The molecule has 2 heterocycles. The van der Waals surface area contributed by atoms with Crippen LogP contribution in [0.4, 0.5) is 0 Å². The fourth-order valence-corrected chi connectivity index (χ4v) is 2.73. The Bertz CT molecular complexity index is 724. The zero-order valence-corrected chi connectivity index (χ0v) is 16.1. The molecular weight excluding hydrogens is 313 g/mol. The topological polar surface area (TPSA) is 49.2 Å². The molecule has 0 amide bonds. The molecule has 1 aromatic heterocycles. The van der Waals surface area contributed by atoms with Crippen molar-refractivity contribution in [1.82, 2.24) is 14.8 Å². The smallest absolute Gasteiger partial charge is 0.399 e. The molecule has 134 valence electrons. The Hall–Kier alpha value is -1.66. The molecule has 3 rings (SSSR count). The van der Waals surface area contributed by atoms with Crippen LogP contribution in [0.5, 0.6) is 0 Å². The molecule has 0 N–H and O–H groups in total.